The molecule has 8 nitrogen and oxygen atoms in total. The number of benzene rings is 1. The molecule has 0 radical (unpaired) electrons. The van der Waals surface area contributed by atoms with Gasteiger partial charge in [0.2, 0.25) is 15.9 Å². The molecule has 0 saturated heterocycles. The Morgan fingerprint density at radius 2 is 1.67 bits per heavy atom. The minimum atomic E-state index is -3.43. The number of hydrogen-bond donors (Lipinski definition) is 3. The molecule has 0 spiro atoms. The van der Waals surface area contributed by atoms with Crippen molar-refractivity contribution in [3.8, 4) is 0 Å². The number of rotatable bonds is 6. The molecule has 1 aromatic rings. The molecule has 0 bridgehead atoms. The number of nitrogens with zero attached hydrogens (tertiary/aromatic N) is 2. The monoisotopic (exact) mass is 511 g/mol. The highest BCUT2D eigenvalue weighted by molar-refractivity contribution is 14.0. The smallest absolute Gasteiger partial charge is 0.242 e. The van der Waals surface area contributed by atoms with Crippen LogP contribution in [-0.2, 0) is 21.4 Å². The highest BCUT2D eigenvalue weighted by Gasteiger charge is 2.16. The number of carbonyl (C=O) groups is 1. The summed E-state index contributed by atoms with van der Waals surface area (Å²) in [5.74, 6) is 0.359. The maximum absolute atomic E-state index is 12.0. The number of guanidine groups is 1. The summed E-state index contributed by atoms with van der Waals surface area (Å²) in [5, 5.41) is 8.88. The summed E-state index contributed by atoms with van der Waals surface area (Å²) in [4.78, 5) is 16.1. The number of sulfonamides is 1. The molecule has 0 unspecified atom stereocenters. The van der Waals surface area contributed by atoms with Crippen LogP contribution in [0.25, 0.3) is 0 Å². The molecule has 154 valence electrons. The Balaban J connectivity index is 0.00000676. The average Bonchev–Trinajstić information content (AvgIpc) is 2.53. The fourth-order valence-corrected chi connectivity index (χ4v) is 2.92. The number of carbonyl (C=O) groups excluding carboxylic acids is 1. The number of aliphatic imine (C=N–C) groups is 1. The van der Waals surface area contributed by atoms with Crippen molar-refractivity contribution in [2.75, 3.05) is 27.7 Å². The maximum Gasteiger partial charge on any atom is 0.242 e. The minimum Gasteiger partial charge on any atom is -0.352 e. The predicted octanol–water partition coefficient (Wildman–Crippen LogP) is 1.13. The molecule has 0 heterocycles. The van der Waals surface area contributed by atoms with Gasteiger partial charge < -0.3 is 16.0 Å². The van der Waals surface area contributed by atoms with Gasteiger partial charge in [-0.25, -0.2) is 12.7 Å². The van der Waals surface area contributed by atoms with Crippen LogP contribution >= 0.6 is 24.0 Å². The first kappa shape index (κ1) is 25.6. The zero-order valence-electron chi connectivity index (χ0n) is 16.7. The van der Waals surface area contributed by atoms with Gasteiger partial charge in [-0.15, -0.1) is 24.0 Å². The molecule has 0 saturated carbocycles. The lowest BCUT2D eigenvalue weighted by Gasteiger charge is -2.21. The molecule has 0 aliphatic heterocycles. The van der Waals surface area contributed by atoms with Gasteiger partial charge in [-0.3, -0.25) is 9.79 Å². The largest absolute Gasteiger partial charge is 0.352 e. The minimum absolute atomic E-state index is 0. The molecule has 3 N–H and O–H groups in total. The van der Waals surface area contributed by atoms with Gasteiger partial charge in [0, 0.05) is 33.2 Å². The van der Waals surface area contributed by atoms with Crippen LogP contribution in [0.1, 0.15) is 26.3 Å². The van der Waals surface area contributed by atoms with Gasteiger partial charge in [0.1, 0.15) is 0 Å². The van der Waals surface area contributed by atoms with Gasteiger partial charge in [0.05, 0.1) is 11.4 Å². The summed E-state index contributed by atoms with van der Waals surface area (Å²) in [7, 11) is 1.18. The highest BCUT2D eigenvalue weighted by atomic mass is 127. The fourth-order valence-electron chi connectivity index (χ4n) is 2.02. The summed E-state index contributed by atoms with van der Waals surface area (Å²) in [5.41, 5.74) is 0.606. The van der Waals surface area contributed by atoms with Gasteiger partial charge in [0.15, 0.2) is 5.96 Å². The maximum atomic E-state index is 12.0. The Bertz CT molecular complexity index is 741. The average molecular weight is 511 g/mol. The summed E-state index contributed by atoms with van der Waals surface area (Å²) in [6.45, 7) is 6.30. The predicted molar refractivity (Wildman–Crippen MR) is 119 cm³/mol. The number of halogens is 1. The summed E-state index contributed by atoms with van der Waals surface area (Å²) in [6, 6.07) is 6.62. The van der Waals surface area contributed by atoms with Crippen LogP contribution in [0.5, 0.6) is 0 Å². The molecule has 1 rings (SSSR count). The molecule has 1 amide bonds. The third-order valence-corrected chi connectivity index (χ3v) is 5.15. The van der Waals surface area contributed by atoms with Gasteiger partial charge in [-0.1, -0.05) is 12.1 Å². The van der Waals surface area contributed by atoms with E-state index in [0.717, 1.165) is 5.56 Å². The van der Waals surface area contributed by atoms with E-state index in [0.29, 0.717) is 12.5 Å². The second kappa shape index (κ2) is 10.8. The quantitative estimate of drug-likeness (QED) is 0.302. The van der Waals surface area contributed by atoms with Crippen molar-refractivity contribution in [1.82, 2.24) is 20.3 Å². The SMILES string of the molecule is CN=C(NCC(=O)NC(C)(C)C)NCc1ccc(S(=O)(=O)N(C)C)cc1.I. The molecule has 1 aromatic carbocycles. The van der Waals surface area contributed by atoms with Crippen molar-refractivity contribution in [2.45, 2.75) is 37.8 Å². The number of hydrogen-bond acceptors (Lipinski definition) is 4. The van der Waals surface area contributed by atoms with Crippen LogP contribution in [0.3, 0.4) is 0 Å². The first-order chi connectivity index (χ1) is 12.0. The molecule has 0 aliphatic carbocycles. The third-order valence-electron chi connectivity index (χ3n) is 3.32. The van der Waals surface area contributed by atoms with Crippen molar-refractivity contribution in [1.29, 1.82) is 0 Å². The second-order valence-corrected chi connectivity index (χ2v) is 9.16. The molecule has 0 aromatic heterocycles. The van der Waals surface area contributed by atoms with Gasteiger partial charge in [0.25, 0.3) is 0 Å². The standard InChI is InChI=1S/C17H29N5O3S.HI/c1-17(2,3)21-15(23)12-20-16(18-4)19-11-13-7-9-14(10-8-13)26(24,25)22(5)6;/h7-10H,11-12H2,1-6H3,(H,21,23)(H2,18,19,20);1H. The van der Waals surface area contributed by atoms with Crippen molar-refractivity contribution < 1.29 is 13.2 Å². The molecule has 0 fully saturated rings. The molecular weight excluding hydrogens is 481 g/mol. The van der Waals surface area contributed by atoms with E-state index >= 15 is 0 Å². The molecule has 0 aliphatic rings. The van der Waals surface area contributed by atoms with E-state index in [9.17, 15) is 13.2 Å². The second-order valence-electron chi connectivity index (χ2n) is 7.01. The zero-order valence-corrected chi connectivity index (χ0v) is 19.8. The van der Waals surface area contributed by atoms with Crippen molar-refractivity contribution in [2.24, 2.45) is 4.99 Å². The lowest BCUT2D eigenvalue weighted by molar-refractivity contribution is -0.121. The summed E-state index contributed by atoms with van der Waals surface area (Å²) in [6.07, 6.45) is 0. The van der Waals surface area contributed by atoms with Crippen molar-refractivity contribution in [3.63, 3.8) is 0 Å². The van der Waals surface area contributed by atoms with E-state index in [1.165, 1.54) is 18.4 Å². The van der Waals surface area contributed by atoms with Crippen molar-refractivity contribution in [3.05, 3.63) is 29.8 Å². The topological polar surface area (TPSA) is 103 Å². The number of amides is 1. The van der Waals surface area contributed by atoms with E-state index in [4.69, 9.17) is 0 Å². The molecule has 0 atom stereocenters. The van der Waals surface area contributed by atoms with E-state index in [1.807, 2.05) is 20.8 Å². The van der Waals surface area contributed by atoms with Gasteiger partial charge >= 0.3 is 0 Å². The van der Waals surface area contributed by atoms with Gasteiger partial charge in [-0.2, -0.15) is 0 Å². The Hall–Kier alpha value is -1.40. The van der Waals surface area contributed by atoms with Crippen LogP contribution in [0, 0.1) is 0 Å². The Labute approximate surface area is 179 Å². The molecular formula is C17H30IN5O3S. The van der Waals surface area contributed by atoms with Crippen LogP contribution in [0.2, 0.25) is 0 Å². The van der Waals surface area contributed by atoms with E-state index in [2.05, 4.69) is 20.9 Å². The Morgan fingerprint density at radius 3 is 2.11 bits per heavy atom. The zero-order chi connectivity index (χ0) is 20.0. The van der Waals surface area contributed by atoms with Crippen molar-refractivity contribution >= 4 is 45.9 Å². The van der Waals surface area contributed by atoms with E-state index < -0.39 is 10.0 Å². The Kier molecular flexibility index (Phi) is 10.3. The summed E-state index contributed by atoms with van der Waals surface area (Å²) < 4.78 is 25.3. The third kappa shape index (κ3) is 8.89. The first-order valence-electron chi connectivity index (χ1n) is 8.22. The van der Waals surface area contributed by atoms with Crippen LogP contribution < -0.4 is 16.0 Å². The highest BCUT2D eigenvalue weighted by Crippen LogP contribution is 2.13. The van der Waals surface area contributed by atoms with Gasteiger partial charge in [-0.05, 0) is 38.5 Å². The lowest BCUT2D eigenvalue weighted by atomic mass is 10.1. The molecule has 27 heavy (non-hydrogen) atoms. The van der Waals surface area contributed by atoms with E-state index in [-0.39, 0.29) is 46.9 Å². The number of nitrogens with one attached hydrogen (secondary N) is 3. The summed E-state index contributed by atoms with van der Waals surface area (Å²) >= 11 is 0. The Morgan fingerprint density at radius 1 is 1.11 bits per heavy atom. The van der Waals surface area contributed by atoms with Crippen LogP contribution in [-0.4, -0.2) is 57.8 Å². The fraction of sp³-hybridized carbons (Fsp3) is 0.529. The first-order valence-corrected chi connectivity index (χ1v) is 9.67. The van der Waals surface area contributed by atoms with Crippen LogP contribution in [0.15, 0.2) is 34.2 Å². The molecule has 10 heteroatoms. The van der Waals surface area contributed by atoms with E-state index in [1.54, 1.807) is 31.3 Å². The normalized spacial score (nSPS) is 12.3. The lowest BCUT2D eigenvalue weighted by Crippen LogP contribution is -2.48. The van der Waals surface area contributed by atoms with Crippen LogP contribution in [0.4, 0.5) is 0 Å².